The number of ketones is 1. The molecule has 122 valence electrons. The molecule has 1 heterocycles. The summed E-state index contributed by atoms with van der Waals surface area (Å²) in [5.41, 5.74) is 0.471. The predicted octanol–water partition coefficient (Wildman–Crippen LogP) is -0.431. The Morgan fingerprint density at radius 3 is 2.68 bits per heavy atom. The van der Waals surface area contributed by atoms with Crippen LogP contribution in [0, 0.1) is 5.92 Å². The Morgan fingerprint density at radius 2 is 2.09 bits per heavy atom. The summed E-state index contributed by atoms with van der Waals surface area (Å²) in [5.74, 6) is -0.732. The van der Waals surface area contributed by atoms with E-state index in [0.29, 0.717) is 5.56 Å². The van der Waals surface area contributed by atoms with Crippen molar-refractivity contribution in [3.8, 4) is 0 Å². The van der Waals surface area contributed by atoms with Crippen LogP contribution in [0.15, 0.2) is 24.5 Å². The molecule has 0 aliphatic heterocycles. The van der Waals surface area contributed by atoms with Crippen LogP contribution in [0.3, 0.4) is 0 Å². The highest BCUT2D eigenvalue weighted by Gasteiger charge is 2.47. The van der Waals surface area contributed by atoms with Crippen molar-refractivity contribution in [1.29, 1.82) is 0 Å². The van der Waals surface area contributed by atoms with Crippen LogP contribution in [0.5, 0.6) is 0 Å². The van der Waals surface area contributed by atoms with Gasteiger partial charge >= 0.3 is 7.82 Å². The Labute approximate surface area is 127 Å². The fourth-order valence-corrected chi connectivity index (χ4v) is 3.05. The van der Waals surface area contributed by atoms with Crippen LogP contribution in [0.1, 0.15) is 29.7 Å². The molecule has 1 aromatic heterocycles. The van der Waals surface area contributed by atoms with Crippen molar-refractivity contribution in [2.45, 2.75) is 31.6 Å². The first-order valence-electron chi connectivity index (χ1n) is 6.77. The summed E-state index contributed by atoms with van der Waals surface area (Å²) in [5, 5.41) is 20.1. The number of aliphatic hydroxyl groups excluding tert-OH is 2. The van der Waals surface area contributed by atoms with Gasteiger partial charge in [-0.3, -0.25) is 9.32 Å². The molecule has 4 atom stereocenters. The summed E-state index contributed by atoms with van der Waals surface area (Å²) in [7, 11) is -4.62. The minimum absolute atomic E-state index is 0.122. The SMILES string of the molecule is CC(=O)c1ccc[n+](C2C[C@H](COP(=O)(O)O)[C@@H](O)[C@H]2O)c1. The molecule has 0 radical (unpaired) electrons. The van der Waals surface area contributed by atoms with Gasteiger partial charge in [0.1, 0.15) is 6.10 Å². The molecule has 0 spiro atoms. The van der Waals surface area contributed by atoms with Crippen molar-refractivity contribution < 1.29 is 38.5 Å². The molecule has 1 unspecified atom stereocenters. The fourth-order valence-electron chi connectivity index (χ4n) is 2.66. The van der Waals surface area contributed by atoms with Crippen LogP contribution >= 0.6 is 7.82 Å². The molecule has 0 amide bonds. The molecule has 1 aliphatic carbocycles. The second-order valence-corrected chi connectivity index (χ2v) is 6.67. The van der Waals surface area contributed by atoms with E-state index in [1.807, 2.05) is 0 Å². The summed E-state index contributed by atoms with van der Waals surface area (Å²) in [6.07, 6.45) is 1.24. The molecule has 9 heteroatoms. The molecule has 1 saturated carbocycles. The minimum Gasteiger partial charge on any atom is -0.390 e. The van der Waals surface area contributed by atoms with E-state index in [9.17, 15) is 19.6 Å². The van der Waals surface area contributed by atoms with Gasteiger partial charge in [0, 0.05) is 18.4 Å². The molecule has 0 saturated heterocycles. The van der Waals surface area contributed by atoms with Crippen molar-refractivity contribution in [2.75, 3.05) is 6.61 Å². The lowest BCUT2D eigenvalue weighted by Gasteiger charge is -2.15. The lowest BCUT2D eigenvalue weighted by Crippen LogP contribution is -2.45. The number of pyridine rings is 1. The van der Waals surface area contributed by atoms with Gasteiger partial charge in [0.2, 0.25) is 0 Å². The fraction of sp³-hybridized carbons (Fsp3) is 0.538. The van der Waals surface area contributed by atoms with Crippen LogP contribution in [0.4, 0.5) is 0 Å². The highest BCUT2D eigenvalue weighted by atomic mass is 31.2. The monoisotopic (exact) mass is 332 g/mol. The maximum atomic E-state index is 11.4. The van der Waals surface area contributed by atoms with Crippen LogP contribution in [-0.4, -0.2) is 44.6 Å². The lowest BCUT2D eigenvalue weighted by molar-refractivity contribution is -0.728. The summed E-state index contributed by atoms with van der Waals surface area (Å²) in [6, 6.07) is 2.81. The number of hydrogen-bond donors (Lipinski definition) is 4. The van der Waals surface area contributed by atoms with E-state index in [2.05, 4.69) is 4.52 Å². The first kappa shape index (κ1) is 17.2. The number of aliphatic hydroxyl groups is 2. The maximum absolute atomic E-state index is 11.4. The van der Waals surface area contributed by atoms with Gasteiger partial charge in [-0.2, -0.15) is 4.57 Å². The molecule has 1 aliphatic rings. The third-order valence-corrected chi connectivity index (χ3v) is 4.33. The zero-order valence-electron chi connectivity index (χ0n) is 11.9. The van der Waals surface area contributed by atoms with Gasteiger partial charge in [-0.15, -0.1) is 0 Å². The quantitative estimate of drug-likeness (QED) is 0.327. The normalized spacial score (nSPS) is 28.8. The molecule has 0 bridgehead atoms. The van der Waals surface area contributed by atoms with Crippen LogP contribution in [0.25, 0.3) is 0 Å². The summed E-state index contributed by atoms with van der Waals surface area (Å²) >= 11 is 0. The number of rotatable bonds is 5. The second kappa shape index (κ2) is 6.54. The number of phosphoric ester groups is 1. The van der Waals surface area contributed by atoms with Gasteiger partial charge in [-0.05, 0) is 13.0 Å². The lowest BCUT2D eigenvalue weighted by atomic mass is 10.1. The third-order valence-electron chi connectivity index (χ3n) is 3.84. The van der Waals surface area contributed by atoms with Gasteiger partial charge in [0.25, 0.3) is 0 Å². The molecule has 1 fully saturated rings. The minimum atomic E-state index is -4.62. The Hall–Kier alpha value is -1.15. The molecule has 4 N–H and O–H groups in total. The second-order valence-electron chi connectivity index (χ2n) is 5.43. The molecular formula is C13H19NO7P+. The van der Waals surface area contributed by atoms with Crippen molar-refractivity contribution in [2.24, 2.45) is 5.92 Å². The highest BCUT2D eigenvalue weighted by molar-refractivity contribution is 7.46. The smallest absolute Gasteiger partial charge is 0.390 e. The highest BCUT2D eigenvalue weighted by Crippen LogP contribution is 2.40. The maximum Gasteiger partial charge on any atom is 0.469 e. The average molecular weight is 332 g/mol. The first-order valence-corrected chi connectivity index (χ1v) is 8.30. The molecule has 8 nitrogen and oxygen atoms in total. The molecule has 0 aromatic carbocycles. The zero-order chi connectivity index (χ0) is 16.5. The van der Waals surface area contributed by atoms with Crippen LogP contribution in [0.2, 0.25) is 0 Å². The number of phosphoric acid groups is 1. The number of nitrogens with zero attached hydrogens (tertiary/aromatic N) is 1. The van der Waals surface area contributed by atoms with Gasteiger partial charge in [-0.25, -0.2) is 4.57 Å². The molecule has 2 rings (SSSR count). The van der Waals surface area contributed by atoms with Gasteiger partial charge in [-0.1, -0.05) is 0 Å². The zero-order valence-corrected chi connectivity index (χ0v) is 12.8. The van der Waals surface area contributed by atoms with E-state index >= 15 is 0 Å². The predicted molar refractivity (Wildman–Crippen MR) is 73.8 cm³/mol. The Kier molecular flexibility index (Phi) is 5.11. The number of hydrogen-bond acceptors (Lipinski definition) is 5. The van der Waals surface area contributed by atoms with Crippen molar-refractivity contribution in [3.05, 3.63) is 30.1 Å². The third kappa shape index (κ3) is 3.98. The van der Waals surface area contributed by atoms with Gasteiger partial charge in [0.15, 0.2) is 24.2 Å². The number of carbonyl (C=O) groups is 1. The Morgan fingerprint density at radius 1 is 1.41 bits per heavy atom. The summed E-state index contributed by atoms with van der Waals surface area (Å²) in [6.45, 7) is 1.07. The van der Waals surface area contributed by atoms with Gasteiger partial charge in [0.05, 0.1) is 18.3 Å². The van der Waals surface area contributed by atoms with Crippen molar-refractivity contribution in [1.82, 2.24) is 0 Å². The van der Waals surface area contributed by atoms with Crippen molar-refractivity contribution in [3.63, 3.8) is 0 Å². The summed E-state index contributed by atoms with van der Waals surface area (Å²) in [4.78, 5) is 28.8. The van der Waals surface area contributed by atoms with E-state index in [0.717, 1.165) is 0 Å². The van der Waals surface area contributed by atoms with Crippen LogP contribution < -0.4 is 4.57 Å². The Balaban J connectivity index is 2.14. The topological polar surface area (TPSA) is 128 Å². The van der Waals surface area contributed by atoms with E-state index < -0.39 is 32.0 Å². The largest absolute Gasteiger partial charge is 0.469 e. The molecule has 1 aromatic rings. The number of aromatic nitrogens is 1. The summed E-state index contributed by atoms with van der Waals surface area (Å²) < 4.78 is 16.8. The van der Waals surface area contributed by atoms with E-state index in [1.165, 1.54) is 6.92 Å². The Bertz CT molecular complexity index is 602. The molecular weight excluding hydrogens is 313 g/mol. The van der Waals surface area contributed by atoms with E-state index in [1.54, 1.807) is 29.1 Å². The number of Topliss-reactive ketones (excluding diaryl/α,β-unsaturated/α-hetero) is 1. The van der Waals surface area contributed by atoms with Gasteiger partial charge < -0.3 is 20.0 Å². The van der Waals surface area contributed by atoms with E-state index in [-0.39, 0.29) is 18.8 Å². The first-order chi connectivity index (χ1) is 10.2. The standard InChI is InChI=1S/C13H18NO7P/c1-8(15)9-3-2-4-14(6-9)11-5-10(12(16)13(11)17)7-21-22(18,19)20/h2-4,6,10-13,16-17H,5,7H2,1H3,(H-,18,19,20)/p+1/t10-,11?,12-,13+/m1/s1. The van der Waals surface area contributed by atoms with Crippen molar-refractivity contribution >= 4 is 13.6 Å². The molecule has 22 heavy (non-hydrogen) atoms. The number of carbonyl (C=O) groups excluding carboxylic acids is 1. The van der Waals surface area contributed by atoms with E-state index in [4.69, 9.17) is 9.79 Å². The van der Waals surface area contributed by atoms with Crippen LogP contribution in [-0.2, 0) is 9.09 Å². The average Bonchev–Trinajstić information content (AvgIpc) is 2.72.